The van der Waals surface area contributed by atoms with Crippen LogP contribution >= 0.6 is 0 Å². The lowest BCUT2D eigenvalue weighted by Crippen LogP contribution is -1.97. The molecule has 0 radical (unpaired) electrons. The van der Waals surface area contributed by atoms with Gasteiger partial charge in [-0.15, -0.1) is 0 Å². The second-order valence-electron chi connectivity index (χ2n) is 3.33. The minimum atomic E-state index is 0.669. The summed E-state index contributed by atoms with van der Waals surface area (Å²) in [7, 11) is 0. The van der Waals surface area contributed by atoms with E-state index in [2.05, 4.69) is 10.3 Å². The number of pyridine rings is 1. The first-order chi connectivity index (χ1) is 7.79. The first kappa shape index (κ1) is 10.2. The Hall–Kier alpha value is -2.36. The van der Waals surface area contributed by atoms with Crippen molar-refractivity contribution in [3.8, 4) is 0 Å². The monoisotopic (exact) mass is 212 g/mol. The average molecular weight is 212 g/mol. The molecule has 0 aliphatic heterocycles. The summed E-state index contributed by atoms with van der Waals surface area (Å²) in [6, 6.07) is 11.0. The molecule has 4 heteroatoms. The standard InChI is InChI=1S/C12H12N4/c13-8-9-2-1-7-15-12(9)16-11-5-3-10(14)4-6-11/h1-8,13H,14H2,(H,15,16). The highest BCUT2D eigenvalue weighted by Crippen LogP contribution is 2.17. The van der Waals surface area contributed by atoms with Crippen LogP contribution in [0.5, 0.6) is 0 Å². The highest BCUT2D eigenvalue weighted by Gasteiger charge is 2.00. The van der Waals surface area contributed by atoms with Gasteiger partial charge in [-0.2, -0.15) is 0 Å². The Morgan fingerprint density at radius 1 is 1.19 bits per heavy atom. The van der Waals surface area contributed by atoms with Crippen LogP contribution in [0.3, 0.4) is 0 Å². The van der Waals surface area contributed by atoms with Gasteiger partial charge in [0.25, 0.3) is 0 Å². The van der Waals surface area contributed by atoms with Gasteiger partial charge >= 0.3 is 0 Å². The van der Waals surface area contributed by atoms with E-state index in [9.17, 15) is 0 Å². The highest BCUT2D eigenvalue weighted by molar-refractivity contribution is 5.85. The molecule has 0 spiro atoms. The van der Waals surface area contributed by atoms with Crippen LogP contribution in [0.25, 0.3) is 0 Å². The highest BCUT2D eigenvalue weighted by atomic mass is 15.0. The number of nitrogens with zero attached hydrogens (tertiary/aromatic N) is 1. The first-order valence-electron chi connectivity index (χ1n) is 4.87. The van der Waals surface area contributed by atoms with Crippen molar-refractivity contribution >= 4 is 23.4 Å². The second-order valence-corrected chi connectivity index (χ2v) is 3.33. The van der Waals surface area contributed by atoms with E-state index in [1.165, 1.54) is 6.21 Å². The third kappa shape index (κ3) is 2.17. The molecule has 4 N–H and O–H groups in total. The summed E-state index contributed by atoms with van der Waals surface area (Å²) in [5, 5.41) is 10.4. The van der Waals surface area contributed by atoms with Gasteiger partial charge in [0.05, 0.1) is 0 Å². The molecular formula is C12H12N4. The third-order valence-corrected chi connectivity index (χ3v) is 2.17. The number of nitrogen functional groups attached to an aromatic ring is 1. The molecular weight excluding hydrogens is 200 g/mol. The van der Waals surface area contributed by atoms with E-state index in [1.807, 2.05) is 30.3 Å². The summed E-state index contributed by atoms with van der Waals surface area (Å²) in [6.07, 6.45) is 2.96. The van der Waals surface area contributed by atoms with E-state index in [4.69, 9.17) is 11.1 Å². The fourth-order valence-electron chi connectivity index (χ4n) is 1.34. The summed E-state index contributed by atoms with van der Waals surface area (Å²) >= 11 is 0. The summed E-state index contributed by atoms with van der Waals surface area (Å²) in [5.74, 6) is 0.669. The topological polar surface area (TPSA) is 74.8 Å². The van der Waals surface area contributed by atoms with Gasteiger partial charge in [-0.1, -0.05) is 0 Å². The van der Waals surface area contributed by atoms with E-state index in [0.717, 1.165) is 16.9 Å². The van der Waals surface area contributed by atoms with Crippen LogP contribution in [0.1, 0.15) is 5.56 Å². The van der Waals surface area contributed by atoms with Gasteiger partial charge in [-0.05, 0) is 36.4 Å². The molecule has 1 aromatic heterocycles. The van der Waals surface area contributed by atoms with Gasteiger partial charge in [0, 0.05) is 29.3 Å². The maximum atomic E-state index is 7.26. The molecule has 16 heavy (non-hydrogen) atoms. The quantitative estimate of drug-likeness (QED) is 0.540. The fourth-order valence-corrected chi connectivity index (χ4v) is 1.34. The van der Waals surface area contributed by atoms with E-state index >= 15 is 0 Å². The predicted molar refractivity (Wildman–Crippen MR) is 66.3 cm³/mol. The van der Waals surface area contributed by atoms with Crippen molar-refractivity contribution in [1.82, 2.24) is 4.98 Å². The summed E-state index contributed by atoms with van der Waals surface area (Å²) in [4.78, 5) is 4.17. The Bertz CT molecular complexity index is 491. The van der Waals surface area contributed by atoms with Crippen LogP contribution in [0.4, 0.5) is 17.2 Å². The number of hydrogen-bond donors (Lipinski definition) is 3. The molecule has 0 saturated heterocycles. The smallest absolute Gasteiger partial charge is 0.139 e. The van der Waals surface area contributed by atoms with Crippen molar-refractivity contribution in [3.05, 3.63) is 48.2 Å². The van der Waals surface area contributed by atoms with E-state index in [0.29, 0.717) is 5.82 Å². The number of anilines is 3. The minimum Gasteiger partial charge on any atom is -0.399 e. The van der Waals surface area contributed by atoms with Crippen LogP contribution in [0, 0.1) is 5.41 Å². The predicted octanol–water partition coefficient (Wildman–Crippen LogP) is 2.41. The van der Waals surface area contributed by atoms with Gasteiger partial charge in [0.1, 0.15) is 5.82 Å². The van der Waals surface area contributed by atoms with E-state index < -0.39 is 0 Å². The molecule has 1 heterocycles. The lowest BCUT2D eigenvalue weighted by molar-refractivity contribution is 1.30. The molecule has 0 bridgehead atoms. The zero-order chi connectivity index (χ0) is 11.4. The molecule has 2 aromatic rings. The normalized spacial score (nSPS) is 9.75. The summed E-state index contributed by atoms with van der Waals surface area (Å²) < 4.78 is 0. The second kappa shape index (κ2) is 4.44. The molecule has 0 saturated carbocycles. The number of nitrogens with one attached hydrogen (secondary N) is 2. The zero-order valence-electron chi connectivity index (χ0n) is 8.64. The summed E-state index contributed by atoms with van der Waals surface area (Å²) in [5.41, 5.74) is 7.97. The molecule has 2 rings (SSSR count). The van der Waals surface area contributed by atoms with Gasteiger partial charge in [-0.25, -0.2) is 4.98 Å². The Kier molecular flexibility index (Phi) is 2.82. The lowest BCUT2D eigenvalue weighted by Gasteiger charge is -2.07. The first-order valence-corrected chi connectivity index (χ1v) is 4.87. The number of nitrogens with two attached hydrogens (primary N) is 1. The molecule has 0 unspecified atom stereocenters. The number of benzene rings is 1. The maximum Gasteiger partial charge on any atom is 0.139 e. The molecule has 80 valence electrons. The summed E-state index contributed by atoms with van der Waals surface area (Å²) in [6.45, 7) is 0. The average Bonchev–Trinajstić information content (AvgIpc) is 2.33. The van der Waals surface area contributed by atoms with E-state index in [-0.39, 0.29) is 0 Å². The molecule has 1 aromatic carbocycles. The Labute approximate surface area is 93.6 Å². The van der Waals surface area contributed by atoms with Crippen LogP contribution in [0.15, 0.2) is 42.6 Å². The van der Waals surface area contributed by atoms with Crippen LogP contribution in [-0.4, -0.2) is 11.2 Å². The van der Waals surface area contributed by atoms with Crippen LogP contribution in [-0.2, 0) is 0 Å². The largest absolute Gasteiger partial charge is 0.399 e. The van der Waals surface area contributed by atoms with Gasteiger partial charge in [-0.3, -0.25) is 0 Å². The van der Waals surface area contributed by atoms with Gasteiger partial charge in [0.2, 0.25) is 0 Å². The Morgan fingerprint density at radius 2 is 1.94 bits per heavy atom. The SMILES string of the molecule is N=Cc1cccnc1Nc1ccc(N)cc1. The number of rotatable bonds is 3. The van der Waals surface area contributed by atoms with Crippen molar-refractivity contribution in [3.63, 3.8) is 0 Å². The maximum absolute atomic E-state index is 7.26. The fraction of sp³-hybridized carbons (Fsp3) is 0. The number of hydrogen-bond acceptors (Lipinski definition) is 4. The van der Waals surface area contributed by atoms with Gasteiger partial charge < -0.3 is 16.5 Å². The third-order valence-electron chi connectivity index (χ3n) is 2.17. The Morgan fingerprint density at radius 3 is 2.62 bits per heavy atom. The number of aromatic nitrogens is 1. The van der Waals surface area contributed by atoms with Crippen molar-refractivity contribution in [2.75, 3.05) is 11.1 Å². The van der Waals surface area contributed by atoms with Crippen molar-refractivity contribution in [1.29, 1.82) is 5.41 Å². The molecule has 0 aliphatic rings. The van der Waals surface area contributed by atoms with Crippen LogP contribution < -0.4 is 11.1 Å². The van der Waals surface area contributed by atoms with Crippen molar-refractivity contribution in [2.24, 2.45) is 0 Å². The van der Waals surface area contributed by atoms with Crippen molar-refractivity contribution < 1.29 is 0 Å². The van der Waals surface area contributed by atoms with Crippen molar-refractivity contribution in [2.45, 2.75) is 0 Å². The minimum absolute atomic E-state index is 0.669. The zero-order valence-corrected chi connectivity index (χ0v) is 8.64. The van der Waals surface area contributed by atoms with E-state index in [1.54, 1.807) is 12.3 Å². The molecule has 0 fully saturated rings. The molecule has 0 amide bonds. The molecule has 0 atom stereocenters. The Balaban J connectivity index is 2.26. The van der Waals surface area contributed by atoms with Crippen LogP contribution in [0.2, 0.25) is 0 Å². The molecule has 4 nitrogen and oxygen atoms in total. The lowest BCUT2D eigenvalue weighted by atomic mass is 10.2. The van der Waals surface area contributed by atoms with Gasteiger partial charge in [0.15, 0.2) is 0 Å². The molecule has 0 aliphatic carbocycles.